The summed E-state index contributed by atoms with van der Waals surface area (Å²) in [6, 6.07) is -0.786. The van der Waals surface area contributed by atoms with Crippen molar-refractivity contribution >= 4 is 0 Å². The summed E-state index contributed by atoms with van der Waals surface area (Å²) in [6.45, 7) is 2.40. The van der Waals surface area contributed by atoms with Crippen molar-refractivity contribution in [3.05, 3.63) is 34.9 Å². The summed E-state index contributed by atoms with van der Waals surface area (Å²) in [5.74, 6) is -1.12. The Morgan fingerprint density at radius 2 is 0.900 bits per heavy atom. The zero-order chi connectivity index (χ0) is 24.1. The minimum Gasteiger partial charge on any atom is -0.369 e. The topological polar surface area (TPSA) is 40.5 Å². The summed E-state index contributed by atoms with van der Waals surface area (Å²) in [4.78, 5) is 0. The lowest BCUT2D eigenvalue weighted by atomic mass is 9.82. The third kappa shape index (κ3) is 4.07. The van der Waals surface area contributed by atoms with Crippen LogP contribution in [0.2, 0.25) is 0 Å². The van der Waals surface area contributed by atoms with Gasteiger partial charge in [-0.3, -0.25) is 0 Å². The van der Waals surface area contributed by atoms with Gasteiger partial charge in [0.05, 0.1) is 0 Å². The van der Waals surface area contributed by atoms with Gasteiger partial charge in [-0.15, -0.1) is 0 Å². The fourth-order valence-corrected chi connectivity index (χ4v) is 2.57. The highest BCUT2D eigenvalue weighted by molar-refractivity contribution is 5.41. The molecule has 14 heteroatoms. The van der Waals surface area contributed by atoms with E-state index >= 15 is 0 Å². The van der Waals surface area contributed by atoms with Crippen LogP contribution in [0.4, 0.5) is 52.7 Å². The average Bonchev–Trinajstić information content (AvgIpc) is 2.54. The van der Waals surface area contributed by atoms with E-state index in [9.17, 15) is 62.9 Å². The van der Waals surface area contributed by atoms with Gasteiger partial charge in [0.25, 0.3) is 11.2 Å². The fourth-order valence-electron chi connectivity index (χ4n) is 2.57. The lowest BCUT2D eigenvalue weighted by Crippen LogP contribution is -2.56. The van der Waals surface area contributed by atoms with Crippen LogP contribution in [0.1, 0.15) is 42.9 Å². The van der Waals surface area contributed by atoms with Crippen LogP contribution in [0.15, 0.2) is 18.2 Å². The van der Waals surface area contributed by atoms with Crippen LogP contribution < -0.4 is 0 Å². The van der Waals surface area contributed by atoms with Gasteiger partial charge < -0.3 is 10.2 Å². The van der Waals surface area contributed by atoms with E-state index in [4.69, 9.17) is 0 Å². The number of hydrogen-bond acceptors (Lipinski definition) is 2. The molecule has 30 heavy (non-hydrogen) atoms. The lowest BCUT2D eigenvalue weighted by Gasteiger charge is -2.36. The molecule has 0 spiro atoms. The second-order valence-corrected chi connectivity index (χ2v) is 6.56. The van der Waals surface area contributed by atoms with Crippen LogP contribution in [-0.2, 0) is 11.2 Å². The zero-order valence-corrected chi connectivity index (χ0v) is 14.9. The molecule has 0 radical (unpaired) electrons. The molecule has 2 N–H and O–H groups in total. The van der Waals surface area contributed by atoms with Crippen LogP contribution in [-0.4, -0.2) is 34.9 Å². The molecule has 1 rings (SSSR count). The number of rotatable bonds is 4. The van der Waals surface area contributed by atoms with Crippen LogP contribution in [0.5, 0.6) is 0 Å². The molecule has 0 aliphatic carbocycles. The molecule has 1 atom stereocenters. The molecule has 0 heterocycles. The first-order chi connectivity index (χ1) is 13.1. The van der Waals surface area contributed by atoms with E-state index in [2.05, 4.69) is 0 Å². The van der Waals surface area contributed by atoms with E-state index in [1.165, 1.54) is 6.92 Å². The van der Waals surface area contributed by atoms with Gasteiger partial charge >= 0.3 is 24.7 Å². The number of benzene rings is 1. The standard InChI is InChI=1S/C16H14F12O2/c1-3-7(2)8-4-9(11(29,13(17,18)19)14(20,21)22)6-10(5-8)12(30,15(23,24)25)16(26,27)28/h4-7,29-30H,3H2,1-2H3. The van der Waals surface area contributed by atoms with Crippen LogP contribution in [0.25, 0.3) is 0 Å². The zero-order valence-electron chi connectivity index (χ0n) is 14.9. The van der Waals surface area contributed by atoms with Crippen molar-refractivity contribution in [1.82, 2.24) is 0 Å². The highest BCUT2D eigenvalue weighted by Gasteiger charge is 2.74. The number of halogens is 12. The average molecular weight is 466 g/mol. The van der Waals surface area contributed by atoms with Gasteiger partial charge in [0, 0.05) is 11.1 Å². The lowest BCUT2D eigenvalue weighted by molar-refractivity contribution is -0.378. The Hall–Kier alpha value is -1.70. The van der Waals surface area contributed by atoms with E-state index in [0.29, 0.717) is 0 Å². The third-order valence-electron chi connectivity index (χ3n) is 4.61. The van der Waals surface area contributed by atoms with E-state index in [0.717, 1.165) is 6.92 Å². The first-order valence-corrected chi connectivity index (χ1v) is 7.93. The molecular formula is C16H14F12O2. The second-order valence-electron chi connectivity index (χ2n) is 6.56. The van der Waals surface area contributed by atoms with Gasteiger partial charge in [-0.2, -0.15) is 52.7 Å². The molecule has 1 aromatic rings. The van der Waals surface area contributed by atoms with Crippen molar-refractivity contribution in [2.24, 2.45) is 0 Å². The summed E-state index contributed by atoms with van der Waals surface area (Å²) < 4.78 is 157. The largest absolute Gasteiger partial charge is 0.430 e. The van der Waals surface area contributed by atoms with Gasteiger partial charge in [0.15, 0.2) is 0 Å². The molecule has 0 aromatic heterocycles. The minimum atomic E-state index is -6.56. The second kappa shape index (κ2) is 7.46. The van der Waals surface area contributed by atoms with Crippen LogP contribution >= 0.6 is 0 Å². The smallest absolute Gasteiger partial charge is 0.369 e. The summed E-state index contributed by atoms with van der Waals surface area (Å²) >= 11 is 0. The monoisotopic (exact) mass is 466 g/mol. The summed E-state index contributed by atoms with van der Waals surface area (Å²) in [7, 11) is 0. The Balaban J connectivity index is 4.13. The van der Waals surface area contributed by atoms with Crippen molar-refractivity contribution in [3.8, 4) is 0 Å². The van der Waals surface area contributed by atoms with E-state index in [-0.39, 0.29) is 18.6 Å². The predicted molar refractivity (Wildman–Crippen MR) is 77.2 cm³/mol. The molecule has 0 aliphatic heterocycles. The highest BCUT2D eigenvalue weighted by atomic mass is 19.4. The van der Waals surface area contributed by atoms with E-state index in [1.807, 2.05) is 0 Å². The molecule has 0 bridgehead atoms. The Morgan fingerprint density at radius 1 is 0.633 bits per heavy atom. The van der Waals surface area contributed by atoms with Gasteiger partial charge in [-0.1, -0.05) is 26.0 Å². The Labute approximate surface area is 161 Å². The fraction of sp³-hybridized carbons (Fsp3) is 0.625. The van der Waals surface area contributed by atoms with Crippen LogP contribution in [0.3, 0.4) is 0 Å². The Bertz CT molecular complexity index is 673. The predicted octanol–water partition coefficient (Wildman–Crippen LogP) is 5.82. The molecule has 0 amide bonds. The summed E-state index contributed by atoms with van der Waals surface area (Å²) in [5.41, 5.74) is -17.1. The number of aliphatic hydroxyl groups is 2. The normalized spacial score (nSPS) is 16.0. The van der Waals surface area contributed by atoms with E-state index < -0.39 is 64.6 Å². The first kappa shape index (κ1) is 26.3. The van der Waals surface area contributed by atoms with Crippen LogP contribution in [0, 0.1) is 0 Å². The number of hydrogen-bond donors (Lipinski definition) is 2. The third-order valence-corrected chi connectivity index (χ3v) is 4.61. The highest BCUT2D eigenvalue weighted by Crippen LogP contribution is 2.54. The molecule has 0 fully saturated rings. The van der Waals surface area contributed by atoms with Gasteiger partial charge in [-0.05, 0) is 24.0 Å². The maximum Gasteiger partial charge on any atom is 0.430 e. The summed E-state index contributed by atoms with van der Waals surface area (Å²) in [6.07, 6.45) is -26.4. The van der Waals surface area contributed by atoms with Gasteiger partial charge in [0.2, 0.25) is 0 Å². The molecule has 2 nitrogen and oxygen atoms in total. The summed E-state index contributed by atoms with van der Waals surface area (Å²) in [5, 5.41) is 18.9. The maximum atomic E-state index is 13.1. The van der Waals surface area contributed by atoms with Gasteiger partial charge in [0.1, 0.15) is 0 Å². The molecule has 1 aromatic carbocycles. The van der Waals surface area contributed by atoms with Gasteiger partial charge in [-0.25, -0.2) is 0 Å². The van der Waals surface area contributed by atoms with Crippen molar-refractivity contribution in [2.45, 2.75) is 62.1 Å². The van der Waals surface area contributed by atoms with Crippen molar-refractivity contribution in [1.29, 1.82) is 0 Å². The molecule has 1 unspecified atom stereocenters. The van der Waals surface area contributed by atoms with Crippen molar-refractivity contribution in [3.63, 3.8) is 0 Å². The molecule has 0 aliphatic rings. The Morgan fingerprint density at radius 3 is 1.10 bits per heavy atom. The molecule has 174 valence electrons. The van der Waals surface area contributed by atoms with E-state index in [1.54, 1.807) is 0 Å². The molecule has 0 saturated heterocycles. The maximum absolute atomic E-state index is 13.1. The quantitative estimate of drug-likeness (QED) is 0.549. The van der Waals surface area contributed by atoms with Crippen molar-refractivity contribution in [2.75, 3.05) is 0 Å². The molecular weight excluding hydrogens is 452 g/mol. The number of alkyl halides is 12. The minimum absolute atomic E-state index is 0.00577. The Kier molecular flexibility index (Phi) is 6.55. The SMILES string of the molecule is CCC(C)c1cc(C(O)(C(F)(F)F)C(F)(F)F)cc(C(O)(C(F)(F)F)C(F)(F)F)c1. The first-order valence-electron chi connectivity index (χ1n) is 7.93. The van der Waals surface area contributed by atoms with Crippen molar-refractivity contribution < 1.29 is 62.9 Å². The molecule has 0 saturated carbocycles.